The van der Waals surface area contributed by atoms with Gasteiger partial charge in [0.2, 0.25) is 10.0 Å². The molecular formula is C15H16FNO5S2. The van der Waals surface area contributed by atoms with Gasteiger partial charge in [-0.2, -0.15) is 0 Å². The largest absolute Gasteiger partial charge is 0.494 e. The van der Waals surface area contributed by atoms with Crippen LogP contribution in [0.3, 0.4) is 0 Å². The van der Waals surface area contributed by atoms with Crippen LogP contribution in [0.4, 0.5) is 4.39 Å². The van der Waals surface area contributed by atoms with E-state index in [1.165, 1.54) is 37.8 Å². The highest BCUT2D eigenvalue weighted by molar-refractivity contribution is 7.89. The van der Waals surface area contributed by atoms with Crippen molar-refractivity contribution >= 4 is 27.3 Å². The molecule has 6 nitrogen and oxygen atoms in total. The van der Waals surface area contributed by atoms with E-state index in [4.69, 9.17) is 4.74 Å². The van der Waals surface area contributed by atoms with Gasteiger partial charge in [0, 0.05) is 6.04 Å². The lowest BCUT2D eigenvalue weighted by Gasteiger charge is -2.15. The number of halogens is 1. The molecule has 0 spiro atoms. The van der Waals surface area contributed by atoms with Gasteiger partial charge in [-0.05, 0) is 36.1 Å². The summed E-state index contributed by atoms with van der Waals surface area (Å²) in [4.78, 5) is 11.5. The quantitative estimate of drug-likeness (QED) is 0.788. The average molecular weight is 373 g/mol. The minimum Gasteiger partial charge on any atom is -0.494 e. The second kappa shape index (κ2) is 7.29. The zero-order chi connectivity index (χ0) is 17.9. The minimum atomic E-state index is -3.97. The van der Waals surface area contributed by atoms with Gasteiger partial charge in [0.05, 0.1) is 14.2 Å². The minimum absolute atomic E-state index is 0.0156. The van der Waals surface area contributed by atoms with Crippen molar-refractivity contribution in [3.63, 3.8) is 0 Å². The molecule has 0 amide bonds. The zero-order valence-electron chi connectivity index (χ0n) is 13.2. The SMILES string of the molecule is COC(=O)c1sccc1S(=O)(=O)NC(C)c1ccc(OC)c(F)c1. The maximum Gasteiger partial charge on any atom is 0.349 e. The van der Waals surface area contributed by atoms with Gasteiger partial charge in [0.25, 0.3) is 0 Å². The van der Waals surface area contributed by atoms with Gasteiger partial charge in [0.1, 0.15) is 9.77 Å². The molecule has 130 valence electrons. The van der Waals surface area contributed by atoms with Crippen LogP contribution >= 0.6 is 11.3 Å². The summed E-state index contributed by atoms with van der Waals surface area (Å²) in [5, 5.41) is 1.48. The van der Waals surface area contributed by atoms with Gasteiger partial charge >= 0.3 is 5.97 Å². The number of hydrogen-bond donors (Lipinski definition) is 1. The number of rotatable bonds is 6. The summed E-state index contributed by atoms with van der Waals surface area (Å²) < 4.78 is 50.6. The molecule has 2 aromatic rings. The van der Waals surface area contributed by atoms with Crippen LogP contribution in [0.1, 0.15) is 28.2 Å². The molecule has 0 fully saturated rings. The molecule has 0 aliphatic carbocycles. The Morgan fingerprint density at radius 1 is 1.29 bits per heavy atom. The Balaban J connectivity index is 2.28. The molecule has 1 aromatic carbocycles. The Bertz CT molecular complexity index is 847. The fourth-order valence-electron chi connectivity index (χ4n) is 2.07. The molecule has 24 heavy (non-hydrogen) atoms. The topological polar surface area (TPSA) is 81.7 Å². The molecule has 1 atom stereocenters. The number of hydrogen-bond acceptors (Lipinski definition) is 6. The van der Waals surface area contributed by atoms with Gasteiger partial charge in [-0.25, -0.2) is 22.3 Å². The van der Waals surface area contributed by atoms with E-state index in [0.29, 0.717) is 5.56 Å². The van der Waals surface area contributed by atoms with E-state index in [-0.39, 0.29) is 15.5 Å². The Morgan fingerprint density at radius 2 is 2.00 bits per heavy atom. The average Bonchev–Trinajstić information content (AvgIpc) is 3.04. The van der Waals surface area contributed by atoms with E-state index in [0.717, 1.165) is 11.3 Å². The van der Waals surface area contributed by atoms with Gasteiger partial charge < -0.3 is 9.47 Å². The lowest BCUT2D eigenvalue weighted by atomic mass is 10.1. The molecule has 0 saturated heterocycles. The van der Waals surface area contributed by atoms with Crippen LogP contribution in [0.5, 0.6) is 5.75 Å². The molecule has 1 aromatic heterocycles. The summed E-state index contributed by atoms with van der Waals surface area (Å²) >= 11 is 0.969. The summed E-state index contributed by atoms with van der Waals surface area (Å²) in [7, 11) is -1.46. The summed E-state index contributed by atoms with van der Waals surface area (Å²) in [6.45, 7) is 1.57. The molecule has 1 N–H and O–H groups in total. The summed E-state index contributed by atoms with van der Waals surface area (Å²) in [6, 6.07) is 4.78. The summed E-state index contributed by atoms with van der Waals surface area (Å²) in [5.41, 5.74) is 0.423. The maximum absolute atomic E-state index is 13.8. The summed E-state index contributed by atoms with van der Waals surface area (Å²) in [6.07, 6.45) is 0. The number of benzene rings is 1. The van der Waals surface area contributed by atoms with E-state index in [9.17, 15) is 17.6 Å². The van der Waals surface area contributed by atoms with Crippen LogP contribution in [0.2, 0.25) is 0 Å². The molecule has 0 aliphatic heterocycles. The van der Waals surface area contributed by atoms with Crippen LogP contribution < -0.4 is 9.46 Å². The normalized spacial score (nSPS) is 12.7. The smallest absolute Gasteiger partial charge is 0.349 e. The van der Waals surface area contributed by atoms with Crippen LogP contribution in [-0.4, -0.2) is 28.6 Å². The zero-order valence-corrected chi connectivity index (χ0v) is 14.8. The van der Waals surface area contributed by atoms with Crippen molar-refractivity contribution in [1.29, 1.82) is 0 Å². The molecule has 1 heterocycles. The van der Waals surface area contributed by atoms with Crippen molar-refractivity contribution in [1.82, 2.24) is 4.72 Å². The molecule has 1 unspecified atom stereocenters. The fourth-order valence-corrected chi connectivity index (χ4v) is 4.63. The molecule has 9 heteroatoms. The fraction of sp³-hybridized carbons (Fsp3) is 0.267. The number of thiophene rings is 1. The van der Waals surface area contributed by atoms with Crippen molar-refractivity contribution in [2.75, 3.05) is 14.2 Å². The lowest BCUT2D eigenvalue weighted by Crippen LogP contribution is -2.27. The van der Waals surface area contributed by atoms with E-state index in [1.54, 1.807) is 13.0 Å². The first-order valence-corrected chi connectivity index (χ1v) is 9.18. The van der Waals surface area contributed by atoms with Crippen LogP contribution in [0.15, 0.2) is 34.5 Å². The maximum atomic E-state index is 13.8. The van der Waals surface area contributed by atoms with Crippen molar-refractivity contribution in [2.45, 2.75) is 17.9 Å². The number of esters is 1. The molecular weight excluding hydrogens is 357 g/mol. The molecule has 0 bridgehead atoms. The Labute approximate surface area is 143 Å². The van der Waals surface area contributed by atoms with Gasteiger partial charge in [0.15, 0.2) is 11.6 Å². The molecule has 0 radical (unpaired) electrons. The third kappa shape index (κ3) is 3.74. The second-order valence-electron chi connectivity index (χ2n) is 4.84. The number of carbonyl (C=O) groups excluding carboxylic acids is 1. The Morgan fingerprint density at radius 3 is 2.58 bits per heavy atom. The predicted octanol–water partition coefficient (Wildman–Crippen LogP) is 2.72. The van der Waals surface area contributed by atoms with Crippen molar-refractivity contribution in [3.05, 3.63) is 45.9 Å². The van der Waals surface area contributed by atoms with E-state index in [2.05, 4.69) is 9.46 Å². The van der Waals surface area contributed by atoms with Crippen molar-refractivity contribution in [3.8, 4) is 5.75 Å². The van der Waals surface area contributed by atoms with E-state index in [1.807, 2.05) is 0 Å². The number of methoxy groups -OCH3 is 2. The number of nitrogens with one attached hydrogen (secondary N) is 1. The number of ether oxygens (including phenoxy) is 2. The molecule has 0 saturated carbocycles. The third-order valence-corrected chi connectivity index (χ3v) is 5.90. The first-order chi connectivity index (χ1) is 11.3. The van der Waals surface area contributed by atoms with Crippen LogP contribution in [0.25, 0.3) is 0 Å². The van der Waals surface area contributed by atoms with Gasteiger partial charge in [-0.3, -0.25) is 0 Å². The van der Waals surface area contributed by atoms with Crippen LogP contribution in [-0.2, 0) is 14.8 Å². The predicted molar refractivity (Wildman–Crippen MR) is 87.3 cm³/mol. The Kier molecular flexibility index (Phi) is 5.58. The first kappa shape index (κ1) is 18.4. The lowest BCUT2D eigenvalue weighted by molar-refractivity contribution is 0.0602. The standard InChI is InChI=1S/C15H16FNO5S2/c1-9(10-4-5-12(21-2)11(16)8-10)17-24(19,20)13-6-7-23-14(13)15(18)22-3/h4-9,17H,1-3H3. The highest BCUT2D eigenvalue weighted by Crippen LogP contribution is 2.26. The Hall–Kier alpha value is -1.97. The van der Waals surface area contributed by atoms with Crippen molar-refractivity contribution < 1.29 is 27.1 Å². The molecule has 0 aliphatic rings. The van der Waals surface area contributed by atoms with Gasteiger partial charge in [-0.1, -0.05) is 6.07 Å². The highest BCUT2D eigenvalue weighted by atomic mass is 32.2. The number of sulfonamides is 1. The third-order valence-electron chi connectivity index (χ3n) is 3.30. The van der Waals surface area contributed by atoms with E-state index < -0.39 is 27.9 Å². The van der Waals surface area contributed by atoms with E-state index >= 15 is 0 Å². The first-order valence-electron chi connectivity index (χ1n) is 6.81. The molecule has 2 rings (SSSR count). The van der Waals surface area contributed by atoms with Crippen LogP contribution in [0, 0.1) is 5.82 Å². The monoisotopic (exact) mass is 373 g/mol. The van der Waals surface area contributed by atoms with Crippen molar-refractivity contribution in [2.24, 2.45) is 0 Å². The summed E-state index contributed by atoms with van der Waals surface area (Å²) in [5.74, 6) is -1.25. The number of carbonyl (C=O) groups is 1. The highest BCUT2D eigenvalue weighted by Gasteiger charge is 2.26. The van der Waals surface area contributed by atoms with Gasteiger partial charge in [-0.15, -0.1) is 11.3 Å². The second-order valence-corrected chi connectivity index (χ2v) is 7.44.